The first-order chi connectivity index (χ1) is 7.68. The number of anilines is 1. The van der Waals surface area contributed by atoms with Crippen LogP contribution in [0.15, 0.2) is 24.3 Å². The minimum atomic E-state index is -0.890. The third-order valence-corrected chi connectivity index (χ3v) is 2.97. The van der Waals surface area contributed by atoms with Gasteiger partial charge in [0.1, 0.15) is 0 Å². The molecule has 2 rings (SSSR count). The average molecular weight is 221 g/mol. The number of carboxylic acid groups (broad SMARTS) is 1. The zero-order chi connectivity index (χ0) is 11.5. The molecule has 1 unspecified atom stereocenters. The molecule has 0 aliphatic carbocycles. The molecule has 0 bridgehead atoms. The normalized spacial score (nSPS) is 19.7. The lowest BCUT2D eigenvalue weighted by molar-refractivity contribution is 0.0697. The van der Waals surface area contributed by atoms with E-state index in [4.69, 9.17) is 9.84 Å². The lowest BCUT2D eigenvalue weighted by atomic mass is 10.1. The van der Waals surface area contributed by atoms with Gasteiger partial charge in [-0.15, -0.1) is 0 Å². The summed E-state index contributed by atoms with van der Waals surface area (Å²) in [6.07, 6.45) is 1.02. The maximum absolute atomic E-state index is 10.7. The molecule has 1 heterocycles. The summed E-state index contributed by atoms with van der Waals surface area (Å²) in [6, 6.07) is 7.33. The Morgan fingerprint density at radius 3 is 2.62 bits per heavy atom. The average Bonchev–Trinajstić information content (AvgIpc) is 2.81. The molecule has 1 fully saturated rings. The van der Waals surface area contributed by atoms with Crippen molar-refractivity contribution in [3.05, 3.63) is 29.8 Å². The summed E-state index contributed by atoms with van der Waals surface area (Å²) in [5.74, 6) is -0.890. The second-order valence-electron chi connectivity index (χ2n) is 3.98. The topological polar surface area (TPSA) is 49.8 Å². The summed E-state index contributed by atoms with van der Waals surface area (Å²) in [5.41, 5.74) is 1.35. The van der Waals surface area contributed by atoms with E-state index >= 15 is 0 Å². The van der Waals surface area contributed by atoms with Gasteiger partial charge in [0.2, 0.25) is 0 Å². The predicted molar refractivity (Wildman–Crippen MR) is 61.0 cm³/mol. The van der Waals surface area contributed by atoms with Crippen LogP contribution in [0.1, 0.15) is 16.8 Å². The largest absolute Gasteiger partial charge is 0.478 e. The maximum Gasteiger partial charge on any atom is 0.335 e. The minimum absolute atomic E-state index is 0.319. The van der Waals surface area contributed by atoms with Gasteiger partial charge in [-0.2, -0.15) is 0 Å². The van der Waals surface area contributed by atoms with E-state index in [2.05, 4.69) is 4.90 Å². The summed E-state index contributed by atoms with van der Waals surface area (Å²) in [5, 5.41) is 8.79. The van der Waals surface area contributed by atoms with E-state index in [0.29, 0.717) is 11.6 Å². The van der Waals surface area contributed by atoms with Crippen LogP contribution in [0.3, 0.4) is 0 Å². The highest BCUT2D eigenvalue weighted by molar-refractivity contribution is 5.88. The Morgan fingerprint density at radius 2 is 2.12 bits per heavy atom. The van der Waals surface area contributed by atoms with E-state index in [1.807, 2.05) is 19.2 Å². The number of nitrogens with zero attached hydrogens (tertiary/aromatic N) is 1. The van der Waals surface area contributed by atoms with Gasteiger partial charge in [-0.05, 0) is 30.7 Å². The molecular weight excluding hydrogens is 206 g/mol. The Morgan fingerprint density at radius 1 is 1.44 bits per heavy atom. The first kappa shape index (κ1) is 11.0. The van der Waals surface area contributed by atoms with Crippen LogP contribution >= 0.6 is 0 Å². The Kier molecular flexibility index (Phi) is 3.10. The van der Waals surface area contributed by atoms with Crippen molar-refractivity contribution >= 4 is 11.7 Å². The number of likely N-dealkylation sites (N-methyl/N-ethyl adjacent to an activating group) is 1. The number of carboxylic acids is 1. The van der Waals surface area contributed by atoms with Gasteiger partial charge in [0, 0.05) is 19.3 Å². The number of aromatic carboxylic acids is 1. The molecule has 1 N–H and O–H groups in total. The Bertz CT molecular complexity index is 368. The first-order valence-electron chi connectivity index (χ1n) is 5.32. The van der Waals surface area contributed by atoms with E-state index in [0.717, 1.165) is 25.3 Å². The molecular formula is C12H15NO3. The van der Waals surface area contributed by atoms with Crippen LogP contribution in [-0.4, -0.2) is 37.4 Å². The van der Waals surface area contributed by atoms with E-state index < -0.39 is 5.97 Å². The lowest BCUT2D eigenvalue weighted by Gasteiger charge is -2.25. The number of ether oxygens (including phenoxy) is 1. The molecule has 0 spiro atoms. The minimum Gasteiger partial charge on any atom is -0.478 e. The van der Waals surface area contributed by atoms with Crippen molar-refractivity contribution in [3.8, 4) is 0 Å². The summed E-state index contributed by atoms with van der Waals surface area (Å²) in [7, 11) is 2.01. The molecule has 1 aliphatic rings. The third-order valence-electron chi connectivity index (χ3n) is 2.97. The molecule has 1 aromatic carbocycles. The first-order valence-corrected chi connectivity index (χ1v) is 5.32. The maximum atomic E-state index is 10.7. The van der Waals surface area contributed by atoms with E-state index in [1.54, 1.807) is 12.1 Å². The zero-order valence-electron chi connectivity index (χ0n) is 9.22. The second-order valence-corrected chi connectivity index (χ2v) is 3.98. The smallest absolute Gasteiger partial charge is 0.335 e. The van der Waals surface area contributed by atoms with Crippen LogP contribution in [0.25, 0.3) is 0 Å². The number of rotatable bonds is 3. The highest BCUT2D eigenvalue weighted by atomic mass is 16.5. The highest BCUT2D eigenvalue weighted by Gasteiger charge is 2.20. The fraction of sp³-hybridized carbons (Fsp3) is 0.417. The van der Waals surface area contributed by atoms with Gasteiger partial charge in [0.15, 0.2) is 0 Å². The van der Waals surface area contributed by atoms with Crippen LogP contribution < -0.4 is 4.90 Å². The Balaban J connectivity index is 2.11. The van der Waals surface area contributed by atoms with Crippen molar-refractivity contribution in [3.63, 3.8) is 0 Å². The molecule has 1 aliphatic heterocycles. The van der Waals surface area contributed by atoms with Crippen molar-refractivity contribution in [2.45, 2.75) is 12.5 Å². The van der Waals surface area contributed by atoms with Crippen molar-refractivity contribution in [2.75, 3.05) is 25.2 Å². The third kappa shape index (κ3) is 2.17. The van der Waals surface area contributed by atoms with Crippen LogP contribution in [-0.2, 0) is 4.74 Å². The van der Waals surface area contributed by atoms with Crippen LogP contribution in [0.2, 0.25) is 0 Å². The molecule has 86 valence electrons. The molecule has 1 saturated heterocycles. The van der Waals surface area contributed by atoms with E-state index in [9.17, 15) is 4.79 Å². The Labute approximate surface area is 94.4 Å². The fourth-order valence-corrected chi connectivity index (χ4v) is 1.88. The van der Waals surface area contributed by atoms with Crippen LogP contribution in [0.4, 0.5) is 5.69 Å². The van der Waals surface area contributed by atoms with Crippen molar-refractivity contribution in [2.24, 2.45) is 0 Å². The standard InChI is InChI=1S/C12H15NO3/c1-13(11-6-7-16-8-11)10-4-2-9(3-5-10)12(14)15/h2-5,11H,6-8H2,1H3,(H,14,15). The SMILES string of the molecule is CN(c1ccc(C(=O)O)cc1)C1CCOC1. The van der Waals surface area contributed by atoms with Gasteiger partial charge in [0.05, 0.1) is 18.2 Å². The van der Waals surface area contributed by atoms with Crippen molar-refractivity contribution in [1.29, 1.82) is 0 Å². The van der Waals surface area contributed by atoms with Gasteiger partial charge < -0.3 is 14.7 Å². The van der Waals surface area contributed by atoms with Crippen LogP contribution in [0.5, 0.6) is 0 Å². The zero-order valence-corrected chi connectivity index (χ0v) is 9.22. The second kappa shape index (κ2) is 4.53. The number of benzene rings is 1. The van der Waals surface area contributed by atoms with Crippen molar-refractivity contribution < 1.29 is 14.6 Å². The molecule has 0 aromatic heterocycles. The molecule has 4 heteroatoms. The molecule has 1 aromatic rings. The predicted octanol–water partition coefficient (Wildman–Crippen LogP) is 1.61. The number of hydrogen-bond donors (Lipinski definition) is 1. The van der Waals surface area contributed by atoms with Crippen molar-refractivity contribution in [1.82, 2.24) is 0 Å². The molecule has 4 nitrogen and oxygen atoms in total. The van der Waals surface area contributed by atoms with Crippen LogP contribution in [0, 0.1) is 0 Å². The van der Waals surface area contributed by atoms with Gasteiger partial charge in [-0.1, -0.05) is 0 Å². The quantitative estimate of drug-likeness (QED) is 0.842. The van der Waals surface area contributed by atoms with Gasteiger partial charge in [-0.25, -0.2) is 4.79 Å². The van der Waals surface area contributed by atoms with Gasteiger partial charge >= 0.3 is 5.97 Å². The summed E-state index contributed by atoms with van der Waals surface area (Å²) in [6.45, 7) is 1.55. The fourth-order valence-electron chi connectivity index (χ4n) is 1.88. The molecule has 0 amide bonds. The summed E-state index contributed by atoms with van der Waals surface area (Å²) < 4.78 is 5.33. The number of carbonyl (C=O) groups is 1. The monoisotopic (exact) mass is 221 g/mol. The molecule has 16 heavy (non-hydrogen) atoms. The van der Waals surface area contributed by atoms with E-state index in [1.165, 1.54) is 0 Å². The lowest BCUT2D eigenvalue weighted by Crippen LogP contribution is -2.31. The van der Waals surface area contributed by atoms with E-state index in [-0.39, 0.29) is 0 Å². The van der Waals surface area contributed by atoms with Gasteiger partial charge in [-0.3, -0.25) is 0 Å². The summed E-state index contributed by atoms with van der Waals surface area (Å²) in [4.78, 5) is 12.8. The number of hydrogen-bond acceptors (Lipinski definition) is 3. The Hall–Kier alpha value is -1.55. The molecule has 0 saturated carbocycles. The highest BCUT2D eigenvalue weighted by Crippen LogP contribution is 2.20. The van der Waals surface area contributed by atoms with Gasteiger partial charge in [0.25, 0.3) is 0 Å². The molecule has 0 radical (unpaired) electrons. The molecule has 1 atom stereocenters. The summed E-state index contributed by atoms with van der Waals surface area (Å²) >= 11 is 0.